The van der Waals surface area contributed by atoms with Gasteiger partial charge in [0.15, 0.2) is 0 Å². The molecule has 2 N–H and O–H groups in total. The van der Waals surface area contributed by atoms with Gasteiger partial charge in [-0.2, -0.15) is 0 Å². The molecule has 0 radical (unpaired) electrons. The zero-order valence-electron chi connectivity index (χ0n) is 14.0. The summed E-state index contributed by atoms with van der Waals surface area (Å²) in [5.41, 5.74) is -1.40. The summed E-state index contributed by atoms with van der Waals surface area (Å²) < 4.78 is 4.99. The highest BCUT2D eigenvalue weighted by Gasteiger charge is 2.30. The number of methoxy groups -OCH3 is 1. The number of nitrogens with zero attached hydrogens (tertiary/aromatic N) is 3. The van der Waals surface area contributed by atoms with Gasteiger partial charge in [-0.05, 0) is 6.07 Å². The molecule has 1 rings (SSSR count). The molecule has 1 amide bonds. The Morgan fingerprint density at radius 3 is 2.42 bits per heavy atom. The van der Waals surface area contributed by atoms with E-state index in [2.05, 4.69) is 21.2 Å². The zero-order valence-corrected chi connectivity index (χ0v) is 15.6. The summed E-state index contributed by atoms with van der Waals surface area (Å²) in [5, 5.41) is 34.3. The molecule has 0 spiro atoms. The zero-order chi connectivity index (χ0) is 19.7. The van der Waals surface area contributed by atoms with Gasteiger partial charge in [-0.3, -0.25) is 25.0 Å². The van der Waals surface area contributed by atoms with Crippen LogP contribution in [0, 0.1) is 20.2 Å². The third-order valence-electron chi connectivity index (χ3n) is 3.39. The molecule has 0 heterocycles. The average Bonchev–Trinajstić information content (AvgIpc) is 2.61. The highest BCUT2D eigenvalue weighted by Crippen LogP contribution is 2.35. The Labute approximate surface area is 157 Å². The van der Waals surface area contributed by atoms with Gasteiger partial charge in [0.25, 0.3) is 17.3 Å². The average molecular weight is 435 g/mol. The Hall–Kier alpha value is -2.31. The van der Waals surface area contributed by atoms with Gasteiger partial charge in [0.1, 0.15) is 11.3 Å². The summed E-state index contributed by atoms with van der Waals surface area (Å²) in [6.45, 7) is 0.478. The monoisotopic (exact) mass is 434 g/mol. The molecule has 0 aromatic heterocycles. The number of anilines is 1. The molecule has 0 bridgehead atoms. The van der Waals surface area contributed by atoms with Crippen molar-refractivity contribution in [2.24, 2.45) is 0 Å². The van der Waals surface area contributed by atoms with Crippen molar-refractivity contribution < 1.29 is 24.5 Å². The molecule has 0 fully saturated rings. The molecule has 1 aromatic rings. The second kappa shape index (κ2) is 10.6. The third kappa shape index (κ3) is 5.61. The van der Waals surface area contributed by atoms with E-state index in [1.54, 1.807) is 4.90 Å². The number of nitro benzene ring substituents is 2. The predicted molar refractivity (Wildman–Crippen MR) is 97.1 cm³/mol. The number of aliphatic hydroxyl groups is 1. The maximum atomic E-state index is 12.2. The van der Waals surface area contributed by atoms with E-state index in [1.165, 1.54) is 7.11 Å². The Balaban J connectivity index is 3.52. The molecule has 0 atom stereocenters. The van der Waals surface area contributed by atoms with E-state index in [4.69, 9.17) is 9.84 Å². The lowest BCUT2D eigenvalue weighted by Gasteiger charge is -2.23. The summed E-state index contributed by atoms with van der Waals surface area (Å²) in [6.07, 6.45) is 0. The van der Waals surface area contributed by atoms with Gasteiger partial charge < -0.3 is 20.1 Å². The number of hydrogen-bond acceptors (Lipinski definition) is 8. The largest absolute Gasteiger partial charge is 0.395 e. The van der Waals surface area contributed by atoms with Gasteiger partial charge in [-0.25, -0.2) is 0 Å². The van der Waals surface area contributed by atoms with Crippen LogP contribution in [0.1, 0.15) is 10.4 Å². The number of carbonyl (C=O) groups excluding carboxylic acids is 1. The Bertz CT molecular complexity index is 671. The fourth-order valence-corrected chi connectivity index (χ4v) is 2.65. The Morgan fingerprint density at radius 1 is 1.27 bits per heavy atom. The predicted octanol–water partition coefficient (Wildman–Crippen LogP) is 1.07. The number of nitrogens with one attached hydrogen (secondary N) is 1. The van der Waals surface area contributed by atoms with Crippen LogP contribution >= 0.6 is 15.9 Å². The molecule has 12 heteroatoms. The van der Waals surface area contributed by atoms with Crippen LogP contribution in [-0.4, -0.2) is 66.1 Å². The lowest BCUT2D eigenvalue weighted by Crippen LogP contribution is -2.31. The minimum Gasteiger partial charge on any atom is -0.395 e. The van der Waals surface area contributed by atoms with Crippen molar-refractivity contribution in [3.8, 4) is 0 Å². The van der Waals surface area contributed by atoms with Gasteiger partial charge in [0.05, 0.1) is 29.1 Å². The summed E-state index contributed by atoms with van der Waals surface area (Å²) >= 11 is 3.25. The number of alkyl halides is 1. The van der Waals surface area contributed by atoms with E-state index >= 15 is 0 Å². The number of rotatable bonds is 11. The van der Waals surface area contributed by atoms with E-state index in [0.29, 0.717) is 18.4 Å². The number of nitro groups is 2. The van der Waals surface area contributed by atoms with Crippen molar-refractivity contribution in [3.63, 3.8) is 0 Å². The molecule has 144 valence electrons. The van der Waals surface area contributed by atoms with Crippen molar-refractivity contribution in [2.75, 3.05) is 50.2 Å². The van der Waals surface area contributed by atoms with Crippen molar-refractivity contribution in [3.05, 3.63) is 37.9 Å². The SMILES string of the molecule is COCCN(CCBr)c1cc(C(=O)NCCO)c([N+](=O)[O-])cc1[N+](=O)[O-]. The summed E-state index contributed by atoms with van der Waals surface area (Å²) in [6, 6.07) is 1.90. The second-order valence-electron chi connectivity index (χ2n) is 5.02. The lowest BCUT2D eigenvalue weighted by molar-refractivity contribution is -0.393. The maximum Gasteiger partial charge on any atom is 0.299 e. The van der Waals surface area contributed by atoms with Crippen LogP contribution in [0.4, 0.5) is 17.1 Å². The van der Waals surface area contributed by atoms with E-state index in [9.17, 15) is 25.0 Å². The molecule has 0 saturated heterocycles. The first-order chi connectivity index (χ1) is 12.4. The number of hydrogen-bond donors (Lipinski definition) is 2. The lowest BCUT2D eigenvalue weighted by atomic mass is 10.1. The van der Waals surface area contributed by atoms with Crippen LogP contribution < -0.4 is 10.2 Å². The van der Waals surface area contributed by atoms with Crippen LogP contribution in [0.25, 0.3) is 0 Å². The Kier molecular flexibility index (Phi) is 8.88. The molecule has 1 aromatic carbocycles. The maximum absolute atomic E-state index is 12.2. The minimum atomic E-state index is -0.853. The molecule has 26 heavy (non-hydrogen) atoms. The van der Waals surface area contributed by atoms with E-state index < -0.39 is 27.1 Å². The van der Waals surface area contributed by atoms with Crippen LogP contribution in [0.5, 0.6) is 0 Å². The fourth-order valence-electron chi connectivity index (χ4n) is 2.22. The van der Waals surface area contributed by atoms with Crippen molar-refractivity contribution in [1.82, 2.24) is 5.32 Å². The highest BCUT2D eigenvalue weighted by atomic mass is 79.9. The van der Waals surface area contributed by atoms with Gasteiger partial charge in [0.2, 0.25) is 0 Å². The summed E-state index contributed by atoms with van der Waals surface area (Å²) in [4.78, 5) is 34.9. The molecule has 0 unspecified atom stereocenters. The van der Waals surface area contributed by atoms with Crippen LogP contribution in [-0.2, 0) is 4.74 Å². The quantitative estimate of drug-likeness (QED) is 0.298. The number of aliphatic hydroxyl groups excluding tert-OH is 1. The third-order valence-corrected chi connectivity index (χ3v) is 3.74. The van der Waals surface area contributed by atoms with E-state index in [0.717, 1.165) is 12.1 Å². The molecule has 0 saturated carbocycles. The first-order valence-electron chi connectivity index (χ1n) is 7.53. The van der Waals surface area contributed by atoms with Crippen LogP contribution in [0.2, 0.25) is 0 Å². The van der Waals surface area contributed by atoms with Crippen molar-refractivity contribution in [1.29, 1.82) is 0 Å². The van der Waals surface area contributed by atoms with E-state index in [-0.39, 0.29) is 31.0 Å². The van der Waals surface area contributed by atoms with Crippen LogP contribution in [0.3, 0.4) is 0 Å². The number of amides is 1. The van der Waals surface area contributed by atoms with Crippen molar-refractivity contribution in [2.45, 2.75) is 0 Å². The van der Waals surface area contributed by atoms with Gasteiger partial charge in [-0.1, -0.05) is 15.9 Å². The van der Waals surface area contributed by atoms with Gasteiger partial charge in [-0.15, -0.1) is 0 Å². The minimum absolute atomic E-state index is 0.0752. The standard InChI is InChI=1S/C14H19BrN4O7/c1-26-7-5-17(4-2-15)12-8-10(14(21)16-3-6-20)11(18(22)23)9-13(12)19(24)25/h8-9,20H,2-7H2,1H3,(H,16,21). The van der Waals surface area contributed by atoms with Gasteiger partial charge in [0, 0.05) is 32.1 Å². The first-order valence-corrected chi connectivity index (χ1v) is 8.65. The number of benzene rings is 1. The highest BCUT2D eigenvalue weighted by molar-refractivity contribution is 9.09. The fraction of sp³-hybridized carbons (Fsp3) is 0.500. The topological polar surface area (TPSA) is 148 Å². The second-order valence-corrected chi connectivity index (χ2v) is 5.81. The van der Waals surface area contributed by atoms with Crippen LogP contribution in [0.15, 0.2) is 12.1 Å². The van der Waals surface area contributed by atoms with E-state index in [1.807, 2.05) is 0 Å². The molecule has 11 nitrogen and oxygen atoms in total. The summed E-state index contributed by atoms with van der Waals surface area (Å²) in [7, 11) is 1.48. The smallest absolute Gasteiger partial charge is 0.299 e. The molecular formula is C14H19BrN4O7. The molecular weight excluding hydrogens is 416 g/mol. The molecule has 0 aliphatic heterocycles. The molecule has 0 aliphatic rings. The normalized spacial score (nSPS) is 10.4. The number of ether oxygens (including phenoxy) is 1. The summed E-state index contributed by atoms with van der Waals surface area (Å²) in [5.74, 6) is -0.799. The molecule has 0 aliphatic carbocycles. The first kappa shape index (κ1) is 21.7. The van der Waals surface area contributed by atoms with Gasteiger partial charge >= 0.3 is 0 Å². The Morgan fingerprint density at radius 2 is 1.92 bits per heavy atom. The number of carbonyl (C=O) groups is 1. The number of halogens is 1. The van der Waals surface area contributed by atoms with Crippen molar-refractivity contribution >= 4 is 38.9 Å².